The highest BCUT2D eigenvalue weighted by molar-refractivity contribution is 9.09. The minimum absolute atomic E-state index is 0.171. The molecular weight excluding hydrogens is 275 g/mol. The van der Waals surface area contributed by atoms with E-state index < -0.39 is 0 Å². The molecule has 0 N–H and O–H groups in total. The summed E-state index contributed by atoms with van der Waals surface area (Å²) < 4.78 is 0. The third-order valence-corrected chi connectivity index (χ3v) is 3.03. The molecule has 15 heavy (non-hydrogen) atoms. The van der Waals surface area contributed by atoms with Crippen molar-refractivity contribution in [2.45, 2.75) is 24.6 Å². The summed E-state index contributed by atoms with van der Waals surface area (Å²) in [4.78, 5) is 11.9. The van der Waals surface area contributed by atoms with Crippen molar-refractivity contribution >= 4 is 33.3 Å². The maximum Gasteiger partial charge on any atom is 0.162 e. The maximum absolute atomic E-state index is 11.6. The van der Waals surface area contributed by atoms with E-state index in [-0.39, 0.29) is 5.78 Å². The van der Waals surface area contributed by atoms with Gasteiger partial charge in [-0.05, 0) is 18.9 Å². The number of Topliss-reactive ketones (excluding diaryl/α,β-unsaturated/α-hetero) is 1. The van der Waals surface area contributed by atoms with Crippen LogP contribution in [0.1, 0.15) is 40.5 Å². The summed E-state index contributed by atoms with van der Waals surface area (Å²) in [6, 6.07) is 7.72. The molecule has 1 unspecified atom stereocenters. The third-order valence-electron chi connectivity index (χ3n) is 2.23. The number of alkyl halides is 2. The fourth-order valence-electron chi connectivity index (χ4n) is 1.31. The minimum atomic E-state index is 0.171. The second-order valence-electron chi connectivity index (χ2n) is 3.45. The monoisotopic (exact) mass is 288 g/mol. The van der Waals surface area contributed by atoms with Crippen LogP contribution in [-0.2, 0) is 0 Å². The normalized spacial score (nSPS) is 12.5. The van der Waals surface area contributed by atoms with Crippen LogP contribution in [0.2, 0.25) is 0 Å². The summed E-state index contributed by atoms with van der Waals surface area (Å²) in [5.41, 5.74) is 1.96. The molecule has 1 nitrogen and oxygen atoms in total. The first-order chi connectivity index (χ1) is 7.15. The Kier molecular flexibility index (Phi) is 5.34. The van der Waals surface area contributed by atoms with E-state index in [0.29, 0.717) is 17.1 Å². The molecule has 1 atom stereocenters. The molecule has 0 aliphatic carbocycles. The van der Waals surface area contributed by atoms with Gasteiger partial charge in [-0.15, -0.1) is 11.6 Å². The number of carbonyl (C=O) groups excluding carboxylic acids is 1. The van der Waals surface area contributed by atoms with Crippen molar-refractivity contribution in [3.8, 4) is 0 Å². The molecule has 82 valence electrons. The molecule has 0 amide bonds. The Balaban J connectivity index is 2.67. The summed E-state index contributed by atoms with van der Waals surface area (Å²) in [6.45, 7) is 2.06. The van der Waals surface area contributed by atoms with Crippen LogP contribution in [0, 0.1) is 0 Å². The van der Waals surface area contributed by atoms with Gasteiger partial charge in [0.2, 0.25) is 0 Å². The first-order valence-electron chi connectivity index (χ1n) is 4.98. The summed E-state index contributed by atoms with van der Waals surface area (Å²) >= 11 is 9.03. The van der Waals surface area contributed by atoms with Gasteiger partial charge in [-0.25, -0.2) is 0 Å². The van der Waals surface area contributed by atoms with Gasteiger partial charge in [0.25, 0.3) is 0 Å². The van der Waals surface area contributed by atoms with E-state index in [1.807, 2.05) is 24.3 Å². The SMILES string of the molecule is CC(Br)c1ccc(C(=O)CCCCl)cc1. The molecule has 0 aliphatic rings. The van der Waals surface area contributed by atoms with Gasteiger partial charge in [0, 0.05) is 22.7 Å². The zero-order valence-electron chi connectivity index (χ0n) is 8.67. The van der Waals surface area contributed by atoms with Gasteiger partial charge >= 0.3 is 0 Å². The number of hydrogen-bond acceptors (Lipinski definition) is 1. The highest BCUT2D eigenvalue weighted by Gasteiger charge is 2.06. The van der Waals surface area contributed by atoms with E-state index >= 15 is 0 Å². The van der Waals surface area contributed by atoms with Crippen LogP contribution in [-0.4, -0.2) is 11.7 Å². The van der Waals surface area contributed by atoms with Crippen LogP contribution in [0.25, 0.3) is 0 Å². The molecule has 0 aromatic heterocycles. The van der Waals surface area contributed by atoms with Gasteiger partial charge in [0.15, 0.2) is 5.78 Å². The lowest BCUT2D eigenvalue weighted by atomic mass is 10.0. The van der Waals surface area contributed by atoms with Crippen molar-refractivity contribution in [2.24, 2.45) is 0 Å². The van der Waals surface area contributed by atoms with Crippen LogP contribution < -0.4 is 0 Å². The first-order valence-corrected chi connectivity index (χ1v) is 6.43. The topological polar surface area (TPSA) is 17.1 Å². The molecule has 3 heteroatoms. The predicted octanol–water partition coefficient (Wildman–Crippen LogP) is 4.34. The number of ketones is 1. The maximum atomic E-state index is 11.6. The number of hydrogen-bond donors (Lipinski definition) is 0. The van der Waals surface area contributed by atoms with Crippen LogP contribution in [0.5, 0.6) is 0 Å². The van der Waals surface area contributed by atoms with Gasteiger partial charge < -0.3 is 0 Å². The van der Waals surface area contributed by atoms with Crippen molar-refractivity contribution in [1.82, 2.24) is 0 Å². The molecule has 0 saturated heterocycles. The Morgan fingerprint density at radius 1 is 1.40 bits per heavy atom. The molecule has 1 aromatic rings. The first kappa shape index (κ1) is 12.7. The van der Waals surface area contributed by atoms with Gasteiger partial charge in [-0.1, -0.05) is 40.2 Å². The molecule has 0 spiro atoms. The zero-order valence-corrected chi connectivity index (χ0v) is 11.0. The van der Waals surface area contributed by atoms with Crippen LogP contribution >= 0.6 is 27.5 Å². The molecular formula is C12H14BrClO. The lowest BCUT2D eigenvalue weighted by Gasteiger charge is -2.04. The second kappa shape index (κ2) is 6.29. The fourth-order valence-corrected chi connectivity index (χ4v) is 1.74. The summed E-state index contributed by atoms with van der Waals surface area (Å²) in [6.07, 6.45) is 1.28. The smallest absolute Gasteiger partial charge is 0.162 e. The van der Waals surface area contributed by atoms with Crippen LogP contribution in [0.15, 0.2) is 24.3 Å². The highest BCUT2D eigenvalue weighted by atomic mass is 79.9. The van der Waals surface area contributed by atoms with E-state index in [9.17, 15) is 4.79 Å². The summed E-state index contributed by atoms with van der Waals surface area (Å²) in [5.74, 6) is 0.715. The Morgan fingerprint density at radius 2 is 2.00 bits per heavy atom. The molecule has 0 fully saturated rings. The number of benzene rings is 1. The molecule has 0 aliphatic heterocycles. The number of rotatable bonds is 5. The lowest BCUT2D eigenvalue weighted by molar-refractivity contribution is 0.0982. The summed E-state index contributed by atoms with van der Waals surface area (Å²) in [5, 5.41) is 0. The Bertz CT molecular complexity index is 319. The van der Waals surface area contributed by atoms with Gasteiger partial charge in [-0.2, -0.15) is 0 Å². The van der Waals surface area contributed by atoms with Crippen molar-refractivity contribution < 1.29 is 4.79 Å². The number of carbonyl (C=O) groups is 1. The molecule has 0 heterocycles. The fraction of sp³-hybridized carbons (Fsp3) is 0.417. The standard InChI is InChI=1S/C12H14BrClO/c1-9(13)10-4-6-11(7-5-10)12(15)3-2-8-14/h4-7,9H,2-3,8H2,1H3. The molecule has 0 bridgehead atoms. The Morgan fingerprint density at radius 3 is 2.47 bits per heavy atom. The van der Waals surface area contributed by atoms with Crippen molar-refractivity contribution in [3.63, 3.8) is 0 Å². The van der Waals surface area contributed by atoms with Crippen LogP contribution in [0.4, 0.5) is 0 Å². The van der Waals surface area contributed by atoms with Gasteiger partial charge in [0.05, 0.1) is 0 Å². The van der Waals surface area contributed by atoms with E-state index in [0.717, 1.165) is 12.0 Å². The van der Waals surface area contributed by atoms with Crippen molar-refractivity contribution in [2.75, 3.05) is 5.88 Å². The van der Waals surface area contributed by atoms with E-state index in [2.05, 4.69) is 22.9 Å². The quantitative estimate of drug-likeness (QED) is 0.582. The second-order valence-corrected chi connectivity index (χ2v) is 5.21. The Hall–Kier alpha value is -0.340. The number of halogens is 2. The Labute approximate surface area is 104 Å². The molecule has 1 rings (SSSR count). The molecule has 0 radical (unpaired) electrons. The van der Waals surface area contributed by atoms with E-state index in [4.69, 9.17) is 11.6 Å². The van der Waals surface area contributed by atoms with Crippen molar-refractivity contribution in [1.29, 1.82) is 0 Å². The molecule has 0 saturated carbocycles. The summed E-state index contributed by atoms with van der Waals surface area (Å²) in [7, 11) is 0. The third kappa shape index (κ3) is 3.96. The van der Waals surface area contributed by atoms with Gasteiger partial charge in [0.1, 0.15) is 0 Å². The van der Waals surface area contributed by atoms with Crippen LogP contribution in [0.3, 0.4) is 0 Å². The minimum Gasteiger partial charge on any atom is -0.294 e. The van der Waals surface area contributed by atoms with E-state index in [1.165, 1.54) is 5.56 Å². The van der Waals surface area contributed by atoms with E-state index in [1.54, 1.807) is 0 Å². The average molecular weight is 290 g/mol. The zero-order chi connectivity index (χ0) is 11.3. The lowest BCUT2D eigenvalue weighted by Crippen LogP contribution is -1.99. The predicted molar refractivity (Wildman–Crippen MR) is 68.1 cm³/mol. The largest absolute Gasteiger partial charge is 0.294 e. The average Bonchev–Trinajstić information content (AvgIpc) is 2.26. The van der Waals surface area contributed by atoms with Gasteiger partial charge in [-0.3, -0.25) is 4.79 Å². The van der Waals surface area contributed by atoms with Crippen molar-refractivity contribution in [3.05, 3.63) is 35.4 Å². The highest BCUT2D eigenvalue weighted by Crippen LogP contribution is 2.21. The molecule has 1 aromatic carbocycles.